The van der Waals surface area contributed by atoms with Gasteiger partial charge in [-0.15, -0.1) is 5.10 Å². The first-order valence-electron chi connectivity index (χ1n) is 9.12. The predicted molar refractivity (Wildman–Crippen MR) is 116 cm³/mol. The van der Waals surface area contributed by atoms with E-state index in [1.54, 1.807) is 30.3 Å². The average molecular weight is 447 g/mol. The van der Waals surface area contributed by atoms with Gasteiger partial charge in [-0.25, -0.2) is 13.1 Å². The number of carbonyl (C=O) groups excluding carboxylic acids is 1. The van der Waals surface area contributed by atoms with E-state index in [-0.39, 0.29) is 4.90 Å². The Morgan fingerprint density at radius 1 is 1.20 bits per heavy atom. The Hall–Kier alpha value is -2.76. The quantitative estimate of drug-likeness (QED) is 0.516. The second-order valence-electron chi connectivity index (χ2n) is 6.51. The van der Waals surface area contributed by atoms with Crippen LogP contribution in [0.15, 0.2) is 59.8 Å². The molecule has 1 aromatic heterocycles. The number of benzene rings is 2. The van der Waals surface area contributed by atoms with E-state index in [2.05, 4.69) is 25.6 Å². The summed E-state index contributed by atoms with van der Waals surface area (Å²) in [6.07, 6.45) is 3.72. The van der Waals surface area contributed by atoms with Crippen molar-refractivity contribution < 1.29 is 13.2 Å². The molecule has 0 saturated heterocycles. The Morgan fingerprint density at radius 2 is 1.97 bits per heavy atom. The van der Waals surface area contributed by atoms with E-state index in [9.17, 15) is 13.2 Å². The lowest BCUT2D eigenvalue weighted by Crippen LogP contribution is -2.44. The minimum Gasteiger partial charge on any atom is -0.325 e. The fraction of sp³-hybridized carbons (Fsp3) is 0.263. The van der Waals surface area contributed by atoms with Gasteiger partial charge < -0.3 is 5.32 Å². The highest BCUT2D eigenvalue weighted by Crippen LogP contribution is 2.19. The van der Waals surface area contributed by atoms with E-state index in [0.29, 0.717) is 23.5 Å². The molecule has 3 rings (SSSR count). The van der Waals surface area contributed by atoms with Crippen molar-refractivity contribution in [3.8, 4) is 5.69 Å². The molecule has 0 saturated carbocycles. The third kappa shape index (κ3) is 5.43. The maximum Gasteiger partial charge on any atom is 0.242 e. The van der Waals surface area contributed by atoms with Gasteiger partial charge in [0.25, 0.3) is 0 Å². The van der Waals surface area contributed by atoms with Crippen LogP contribution in [0.3, 0.4) is 0 Å². The lowest BCUT2D eigenvalue weighted by molar-refractivity contribution is -0.117. The number of hydrogen-bond donors (Lipinski definition) is 2. The van der Waals surface area contributed by atoms with Crippen LogP contribution in [0, 0.1) is 6.92 Å². The molecule has 9 nitrogen and oxygen atoms in total. The lowest BCUT2D eigenvalue weighted by atomic mass is 10.1. The highest BCUT2D eigenvalue weighted by atomic mass is 32.2. The van der Waals surface area contributed by atoms with Gasteiger partial charge in [-0.05, 0) is 65.6 Å². The molecule has 11 heteroatoms. The number of tetrazole rings is 1. The Bertz CT molecular complexity index is 1090. The second kappa shape index (κ2) is 9.83. The van der Waals surface area contributed by atoms with E-state index in [4.69, 9.17) is 0 Å². The molecule has 1 amide bonds. The number of nitrogens with zero attached hydrogens (tertiary/aromatic N) is 4. The van der Waals surface area contributed by atoms with Crippen molar-refractivity contribution in [1.82, 2.24) is 24.9 Å². The molecular formula is C19H22N6O3S2. The van der Waals surface area contributed by atoms with Crippen molar-refractivity contribution in [1.29, 1.82) is 0 Å². The van der Waals surface area contributed by atoms with Crippen molar-refractivity contribution in [2.24, 2.45) is 0 Å². The van der Waals surface area contributed by atoms with Crippen LogP contribution in [0.2, 0.25) is 0 Å². The smallest absolute Gasteiger partial charge is 0.242 e. The zero-order chi connectivity index (χ0) is 21.6. The lowest BCUT2D eigenvalue weighted by Gasteiger charge is -2.19. The molecule has 1 unspecified atom stereocenters. The van der Waals surface area contributed by atoms with Gasteiger partial charge in [-0.3, -0.25) is 4.79 Å². The van der Waals surface area contributed by atoms with E-state index >= 15 is 0 Å². The molecule has 158 valence electrons. The normalized spacial score (nSPS) is 12.5. The second-order valence-corrected chi connectivity index (χ2v) is 9.21. The van der Waals surface area contributed by atoms with E-state index in [0.717, 1.165) is 5.56 Å². The first-order valence-corrected chi connectivity index (χ1v) is 12.0. The molecule has 1 atom stereocenters. The molecule has 0 radical (unpaired) electrons. The summed E-state index contributed by atoms with van der Waals surface area (Å²) >= 11 is 1.54. The van der Waals surface area contributed by atoms with Gasteiger partial charge in [0, 0.05) is 5.69 Å². The monoisotopic (exact) mass is 446 g/mol. The Labute approximate surface area is 179 Å². The van der Waals surface area contributed by atoms with Gasteiger partial charge in [0.05, 0.1) is 10.6 Å². The number of amides is 1. The van der Waals surface area contributed by atoms with Crippen LogP contribution in [0.5, 0.6) is 0 Å². The molecule has 0 bridgehead atoms. The number of rotatable bonds is 9. The number of sulfonamides is 1. The van der Waals surface area contributed by atoms with Crippen molar-refractivity contribution >= 4 is 33.4 Å². The largest absolute Gasteiger partial charge is 0.325 e. The molecule has 0 aliphatic rings. The summed E-state index contributed by atoms with van der Waals surface area (Å²) < 4.78 is 29.4. The third-order valence-corrected chi connectivity index (χ3v) is 6.48. The first kappa shape index (κ1) is 21.9. The van der Waals surface area contributed by atoms with Crippen LogP contribution in [0.4, 0.5) is 5.69 Å². The number of anilines is 1. The average Bonchev–Trinajstić information content (AvgIpc) is 3.27. The minimum absolute atomic E-state index is 0.114. The molecule has 3 aromatic rings. The van der Waals surface area contributed by atoms with Crippen molar-refractivity contribution in [2.45, 2.75) is 24.3 Å². The molecular weight excluding hydrogens is 424 g/mol. The molecule has 2 N–H and O–H groups in total. The summed E-state index contributed by atoms with van der Waals surface area (Å²) in [6.45, 7) is 1.90. The fourth-order valence-corrected chi connectivity index (χ4v) is 4.49. The standard InChI is InChI=1S/C19H22N6O3S2/c1-14-8-9-15(12-18(14)25-13-20-23-24-25)21-19(26)17(10-11-29-2)22-30(27,28)16-6-4-3-5-7-16/h3-9,12-13,17,22H,10-11H2,1-2H3,(H,21,26). The summed E-state index contributed by atoms with van der Waals surface area (Å²) in [4.78, 5) is 13.0. The van der Waals surface area contributed by atoms with Gasteiger partial charge in [0.1, 0.15) is 12.4 Å². The molecule has 0 aliphatic carbocycles. The van der Waals surface area contributed by atoms with E-state index < -0.39 is 22.0 Å². The van der Waals surface area contributed by atoms with Gasteiger partial charge >= 0.3 is 0 Å². The van der Waals surface area contributed by atoms with Crippen LogP contribution in [-0.4, -0.2) is 52.6 Å². The topological polar surface area (TPSA) is 119 Å². The minimum atomic E-state index is -3.83. The summed E-state index contributed by atoms with van der Waals surface area (Å²) in [7, 11) is -3.83. The molecule has 1 heterocycles. The van der Waals surface area contributed by atoms with Gasteiger partial charge in [-0.2, -0.15) is 16.5 Å². The fourth-order valence-electron chi connectivity index (χ4n) is 2.77. The number of aryl methyl sites for hydroxylation is 1. The van der Waals surface area contributed by atoms with Crippen LogP contribution >= 0.6 is 11.8 Å². The number of carbonyl (C=O) groups is 1. The molecule has 0 aliphatic heterocycles. The van der Waals surface area contributed by atoms with E-state index in [1.165, 1.54) is 34.9 Å². The number of thioether (sulfide) groups is 1. The Balaban J connectivity index is 1.80. The molecule has 0 fully saturated rings. The van der Waals surface area contributed by atoms with Crippen LogP contribution in [0.25, 0.3) is 5.69 Å². The number of aromatic nitrogens is 4. The highest BCUT2D eigenvalue weighted by Gasteiger charge is 2.25. The molecule has 30 heavy (non-hydrogen) atoms. The predicted octanol–water partition coefficient (Wildman–Crippen LogP) is 2.01. The molecule has 2 aromatic carbocycles. The maximum atomic E-state index is 12.9. The summed E-state index contributed by atoms with van der Waals surface area (Å²) in [5.41, 5.74) is 2.15. The van der Waals surface area contributed by atoms with Crippen molar-refractivity contribution in [3.63, 3.8) is 0 Å². The SMILES string of the molecule is CSCCC(NS(=O)(=O)c1ccccc1)C(=O)Nc1ccc(C)c(-n2cnnn2)c1. The van der Waals surface area contributed by atoms with Crippen LogP contribution < -0.4 is 10.0 Å². The highest BCUT2D eigenvalue weighted by molar-refractivity contribution is 7.98. The van der Waals surface area contributed by atoms with Crippen LogP contribution in [0.1, 0.15) is 12.0 Å². The number of nitrogens with one attached hydrogen (secondary N) is 2. The van der Waals surface area contributed by atoms with Crippen molar-refractivity contribution in [2.75, 3.05) is 17.3 Å². The first-order chi connectivity index (χ1) is 14.4. The zero-order valence-corrected chi connectivity index (χ0v) is 18.2. The number of hydrogen-bond acceptors (Lipinski definition) is 7. The summed E-state index contributed by atoms with van der Waals surface area (Å²) in [5, 5.41) is 13.9. The third-order valence-electron chi connectivity index (χ3n) is 4.35. The summed E-state index contributed by atoms with van der Waals surface area (Å²) in [5.74, 6) is 0.189. The van der Waals surface area contributed by atoms with E-state index in [1.807, 2.05) is 19.2 Å². The van der Waals surface area contributed by atoms with Gasteiger partial charge in [0.2, 0.25) is 15.9 Å². The van der Waals surface area contributed by atoms with Crippen molar-refractivity contribution in [3.05, 3.63) is 60.4 Å². The van der Waals surface area contributed by atoms with Crippen LogP contribution in [-0.2, 0) is 14.8 Å². The van der Waals surface area contributed by atoms with Gasteiger partial charge in [-0.1, -0.05) is 24.3 Å². The Kier molecular flexibility index (Phi) is 7.19. The Morgan fingerprint density at radius 3 is 2.63 bits per heavy atom. The molecule has 0 spiro atoms. The summed E-state index contributed by atoms with van der Waals surface area (Å²) in [6, 6.07) is 12.4. The van der Waals surface area contributed by atoms with Gasteiger partial charge in [0.15, 0.2) is 0 Å². The maximum absolute atomic E-state index is 12.9. The zero-order valence-electron chi connectivity index (χ0n) is 16.5.